The molecule has 0 N–H and O–H groups in total. The van der Waals surface area contributed by atoms with Crippen LogP contribution in [0.25, 0.3) is 15.4 Å². The number of fused-ring (bicyclic) bond motifs is 1. The van der Waals surface area contributed by atoms with Crippen LogP contribution in [0.3, 0.4) is 0 Å². The summed E-state index contributed by atoms with van der Waals surface area (Å²) in [5, 5.41) is 0. The van der Waals surface area contributed by atoms with E-state index in [1.807, 2.05) is 39.9 Å². The molecule has 1 amide bonds. The molecule has 0 bridgehead atoms. The SMILES string of the molecule is CN1CCN(C(=O)c2cn3cc(-c4ccccc4)sc3n2)CC1. The molecule has 2 aromatic heterocycles. The first-order valence-corrected chi connectivity index (χ1v) is 8.54. The van der Waals surface area contributed by atoms with Gasteiger partial charge in [-0.2, -0.15) is 0 Å². The molecule has 0 spiro atoms. The standard InChI is InChI=1S/C17H18N4OS/c1-19-7-9-20(10-8-19)16(22)14-11-21-12-15(23-17(21)18-14)13-5-3-2-4-6-13/h2-6,11-12H,7-10H2,1H3. The number of imidazole rings is 1. The van der Waals surface area contributed by atoms with Crippen molar-refractivity contribution in [3.8, 4) is 10.4 Å². The van der Waals surface area contributed by atoms with Crippen molar-refractivity contribution in [2.24, 2.45) is 0 Å². The number of carbonyl (C=O) groups is 1. The molecule has 118 valence electrons. The fraction of sp³-hybridized carbons (Fsp3) is 0.294. The fourth-order valence-electron chi connectivity index (χ4n) is 2.81. The predicted octanol–water partition coefficient (Wildman–Crippen LogP) is 2.45. The summed E-state index contributed by atoms with van der Waals surface area (Å²) in [6.07, 6.45) is 3.89. The largest absolute Gasteiger partial charge is 0.335 e. The van der Waals surface area contributed by atoms with Crippen molar-refractivity contribution in [2.75, 3.05) is 33.2 Å². The predicted molar refractivity (Wildman–Crippen MR) is 91.9 cm³/mol. The highest BCUT2D eigenvalue weighted by Crippen LogP contribution is 2.28. The summed E-state index contributed by atoms with van der Waals surface area (Å²) in [6.45, 7) is 3.39. The highest BCUT2D eigenvalue weighted by Gasteiger charge is 2.23. The Morgan fingerprint density at radius 2 is 1.83 bits per heavy atom. The van der Waals surface area contributed by atoms with Crippen LogP contribution in [0.2, 0.25) is 0 Å². The first-order chi connectivity index (χ1) is 11.2. The maximum absolute atomic E-state index is 12.6. The summed E-state index contributed by atoms with van der Waals surface area (Å²) >= 11 is 1.61. The van der Waals surface area contributed by atoms with E-state index in [0.717, 1.165) is 36.0 Å². The number of hydrogen-bond donors (Lipinski definition) is 0. The molecule has 0 radical (unpaired) electrons. The van der Waals surface area contributed by atoms with Gasteiger partial charge in [0.15, 0.2) is 4.96 Å². The normalized spacial score (nSPS) is 16.1. The summed E-state index contributed by atoms with van der Waals surface area (Å²) in [7, 11) is 2.08. The third kappa shape index (κ3) is 2.75. The molecule has 1 aliphatic heterocycles. The van der Waals surface area contributed by atoms with Crippen LogP contribution in [0.1, 0.15) is 10.5 Å². The monoisotopic (exact) mass is 326 g/mol. The van der Waals surface area contributed by atoms with Crippen LogP contribution in [-0.4, -0.2) is 58.3 Å². The Morgan fingerprint density at radius 1 is 1.09 bits per heavy atom. The molecule has 0 unspecified atom stereocenters. The number of nitrogens with zero attached hydrogens (tertiary/aromatic N) is 4. The summed E-state index contributed by atoms with van der Waals surface area (Å²) in [5.41, 5.74) is 1.72. The lowest BCUT2D eigenvalue weighted by molar-refractivity contribution is 0.0659. The fourth-order valence-corrected chi connectivity index (χ4v) is 3.78. The second-order valence-electron chi connectivity index (χ2n) is 5.87. The van der Waals surface area contributed by atoms with Crippen LogP contribution in [0.4, 0.5) is 0 Å². The number of carbonyl (C=O) groups excluding carboxylic acids is 1. The lowest BCUT2D eigenvalue weighted by Gasteiger charge is -2.31. The molecule has 1 aliphatic rings. The molecule has 3 heterocycles. The number of likely N-dealkylation sites (N-methyl/N-ethyl adjacent to an activating group) is 1. The molecule has 4 rings (SSSR count). The number of rotatable bonds is 2. The Labute approximate surface area is 138 Å². The van der Waals surface area contributed by atoms with Gasteiger partial charge >= 0.3 is 0 Å². The first kappa shape index (κ1) is 14.4. The third-order valence-corrected chi connectivity index (χ3v) is 5.27. The van der Waals surface area contributed by atoms with E-state index < -0.39 is 0 Å². The average Bonchev–Trinajstić information content (AvgIpc) is 3.14. The maximum atomic E-state index is 12.6. The van der Waals surface area contributed by atoms with E-state index in [2.05, 4.69) is 29.1 Å². The first-order valence-electron chi connectivity index (χ1n) is 7.72. The molecule has 0 saturated carbocycles. The van der Waals surface area contributed by atoms with Crippen molar-refractivity contribution in [3.63, 3.8) is 0 Å². The van der Waals surface area contributed by atoms with Crippen molar-refractivity contribution in [2.45, 2.75) is 0 Å². The van der Waals surface area contributed by atoms with Crippen molar-refractivity contribution in [1.29, 1.82) is 0 Å². The van der Waals surface area contributed by atoms with Gasteiger partial charge in [-0.3, -0.25) is 9.20 Å². The lowest BCUT2D eigenvalue weighted by atomic mass is 10.2. The van der Waals surface area contributed by atoms with Crippen LogP contribution in [0, 0.1) is 0 Å². The number of hydrogen-bond acceptors (Lipinski definition) is 4. The number of aromatic nitrogens is 2. The van der Waals surface area contributed by atoms with E-state index in [1.54, 1.807) is 11.3 Å². The minimum Gasteiger partial charge on any atom is -0.335 e. The zero-order chi connectivity index (χ0) is 15.8. The van der Waals surface area contributed by atoms with E-state index in [1.165, 1.54) is 5.56 Å². The Hall–Kier alpha value is -2.18. The summed E-state index contributed by atoms with van der Waals surface area (Å²) in [6, 6.07) is 10.2. The summed E-state index contributed by atoms with van der Waals surface area (Å²) < 4.78 is 1.95. The molecule has 0 atom stereocenters. The Morgan fingerprint density at radius 3 is 2.52 bits per heavy atom. The minimum atomic E-state index is 0.0373. The highest BCUT2D eigenvalue weighted by molar-refractivity contribution is 7.20. The molecule has 0 aliphatic carbocycles. The second kappa shape index (κ2) is 5.79. The summed E-state index contributed by atoms with van der Waals surface area (Å²) in [4.78, 5) is 23.2. The maximum Gasteiger partial charge on any atom is 0.274 e. The van der Waals surface area contributed by atoms with Gasteiger partial charge in [0.2, 0.25) is 0 Å². The number of thiazole rings is 1. The van der Waals surface area contributed by atoms with Gasteiger partial charge in [-0.05, 0) is 12.6 Å². The molecule has 1 saturated heterocycles. The Bertz CT molecular complexity index is 799. The molecule has 6 heteroatoms. The second-order valence-corrected chi connectivity index (χ2v) is 6.88. The van der Waals surface area contributed by atoms with Crippen molar-refractivity contribution in [1.82, 2.24) is 19.2 Å². The van der Waals surface area contributed by atoms with Gasteiger partial charge in [-0.25, -0.2) is 4.98 Å². The topological polar surface area (TPSA) is 40.9 Å². The molecule has 1 fully saturated rings. The van der Waals surface area contributed by atoms with Crippen LogP contribution in [0.15, 0.2) is 42.7 Å². The highest BCUT2D eigenvalue weighted by atomic mass is 32.1. The van der Waals surface area contributed by atoms with Crippen LogP contribution < -0.4 is 0 Å². The van der Waals surface area contributed by atoms with Gasteiger partial charge < -0.3 is 9.80 Å². The molecule has 1 aromatic carbocycles. The molecular formula is C17H18N4OS. The van der Waals surface area contributed by atoms with Gasteiger partial charge in [0.05, 0.1) is 4.88 Å². The zero-order valence-corrected chi connectivity index (χ0v) is 13.8. The van der Waals surface area contributed by atoms with Gasteiger partial charge in [-0.1, -0.05) is 41.7 Å². The average molecular weight is 326 g/mol. The van der Waals surface area contributed by atoms with Gasteiger partial charge in [0.25, 0.3) is 5.91 Å². The zero-order valence-electron chi connectivity index (χ0n) is 13.0. The van der Waals surface area contributed by atoms with Gasteiger partial charge in [0, 0.05) is 38.6 Å². The van der Waals surface area contributed by atoms with Gasteiger partial charge in [-0.15, -0.1) is 0 Å². The summed E-state index contributed by atoms with van der Waals surface area (Å²) in [5.74, 6) is 0.0373. The Balaban J connectivity index is 1.58. The molecular weight excluding hydrogens is 308 g/mol. The number of benzene rings is 1. The third-order valence-electron chi connectivity index (χ3n) is 4.22. The van der Waals surface area contributed by atoms with E-state index in [9.17, 15) is 4.79 Å². The Kier molecular flexibility index (Phi) is 3.63. The quantitative estimate of drug-likeness (QED) is 0.726. The smallest absolute Gasteiger partial charge is 0.274 e. The number of amides is 1. The van der Waals surface area contributed by atoms with Crippen LogP contribution in [-0.2, 0) is 0 Å². The van der Waals surface area contributed by atoms with Crippen LogP contribution in [0.5, 0.6) is 0 Å². The molecule has 23 heavy (non-hydrogen) atoms. The van der Waals surface area contributed by atoms with E-state index >= 15 is 0 Å². The van der Waals surface area contributed by atoms with Gasteiger partial charge in [0.1, 0.15) is 5.69 Å². The van der Waals surface area contributed by atoms with E-state index in [4.69, 9.17) is 0 Å². The van der Waals surface area contributed by atoms with E-state index in [0.29, 0.717) is 5.69 Å². The molecule has 3 aromatic rings. The van der Waals surface area contributed by atoms with Crippen molar-refractivity contribution < 1.29 is 4.79 Å². The van der Waals surface area contributed by atoms with Crippen molar-refractivity contribution in [3.05, 3.63) is 48.4 Å². The number of piperazine rings is 1. The van der Waals surface area contributed by atoms with Crippen molar-refractivity contribution >= 4 is 22.2 Å². The van der Waals surface area contributed by atoms with Crippen LogP contribution >= 0.6 is 11.3 Å². The molecule has 5 nitrogen and oxygen atoms in total. The van der Waals surface area contributed by atoms with E-state index in [-0.39, 0.29) is 5.91 Å². The lowest BCUT2D eigenvalue weighted by Crippen LogP contribution is -2.47. The minimum absolute atomic E-state index is 0.0373.